The van der Waals surface area contributed by atoms with Crippen LogP contribution < -0.4 is 10.6 Å². The third-order valence-corrected chi connectivity index (χ3v) is 4.83. The number of hydrogen-bond donors (Lipinski definition) is 2. The molecule has 0 spiro atoms. The molecule has 0 radical (unpaired) electrons. The van der Waals surface area contributed by atoms with E-state index < -0.39 is 35.5 Å². The second kappa shape index (κ2) is 14.2. The van der Waals surface area contributed by atoms with Gasteiger partial charge in [-0.15, -0.1) is 0 Å². The van der Waals surface area contributed by atoms with Crippen LogP contribution in [-0.2, 0) is 23.9 Å². The van der Waals surface area contributed by atoms with Crippen LogP contribution in [0.25, 0.3) is 0 Å². The average molecular weight is 478 g/mol. The fourth-order valence-corrected chi connectivity index (χ4v) is 3.25. The lowest BCUT2D eigenvalue weighted by molar-refractivity contribution is -0.143. The van der Waals surface area contributed by atoms with Gasteiger partial charge in [0.1, 0.15) is 18.2 Å². The number of benzene rings is 1. The molecule has 0 saturated heterocycles. The largest absolute Gasteiger partial charge is 0.466 e. The van der Waals surface area contributed by atoms with E-state index in [4.69, 9.17) is 9.47 Å². The van der Waals surface area contributed by atoms with Gasteiger partial charge in [-0.1, -0.05) is 37.6 Å². The topological polar surface area (TPSA) is 114 Å². The molecule has 9 nitrogen and oxygen atoms in total. The summed E-state index contributed by atoms with van der Waals surface area (Å²) < 4.78 is 10.1. The molecular weight excluding hydrogens is 438 g/mol. The van der Waals surface area contributed by atoms with E-state index in [1.54, 1.807) is 33.8 Å². The monoisotopic (exact) mass is 477 g/mol. The average Bonchev–Trinajstić information content (AvgIpc) is 2.74. The second-order valence-corrected chi connectivity index (χ2v) is 8.90. The quantitative estimate of drug-likeness (QED) is 0.447. The van der Waals surface area contributed by atoms with E-state index in [2.05, 4.69) is 10.6 Å². The fourth-order valence-electron chi connectivity index (χ4n) is 3.25. The molecule has 0 heterocycles. The minimum Gasteiger partial charge on any atom is -0.466 e. The maximum Gasteiger partial charge on any atom is 0.408 e. The van der Waals surface area contributed by atoms with Crippen LogP contribution in [0, 0.1) is 6.92 Å². The van der Waals surface area contributed by atoms with E-state index in [1.165, 1.54) is 4.90 Å². The molecule has 9 heteroatoms. The van der Waals surface area contributed by atoms with Crippen LogP contribution in [0.2, 0.25) is 0 Å². The fraction of sp³-hybridized carbons (Fsp3) is 0.600. The van der Waals surface area contributed by atoms with Gasteiger partial charge in [-0.3, -0.25) is 14.4 Å². The molecular formula is C25H39N3O6. The molecule has 0 aromatic heterocycles. The molecule has 0 aliphatic carbocycles. The summed E-state index contributed by atoms with van der Waals surface area (Å²) in [5, 5.41) is 5.24. The second-order valence-electron chi connectivity index (χ2n) is 8.90. The van der Waals surface area contributed by atoms with Crippen molar-refractivity contribution < 1.29 is 28.7 Å². The van der Waals surface area contributed by atoms with Crippen molar-refractivity contribution in [1.29, 1.82) is 0 Å². The number of carbonyl (C=O) groups excluding carboxylic acids is 4. The number of nitrogens with one attached hydrogen (secondary N) is 2. The zero-order chi connectivity index (χ0) is 25.7. The number of unbranched alkanes of at least 4 members (excludes halogenated alkanes) is 1. The van der Waals surface area contributed by atoms with Crippen molar-refractivity contribution in [3.05, 3.63) is 35.4 Å². The molecule has 1 rings (SSSR count). The van der Waals surface area contributed by atoms with Crippen LogP contribution in [0.15, 0.2) is 24.3 Å². The predicted molar refractivity (Wildman–Crippen MR) is 129 cm³/mol. The molecule has 3 amide bonds. The summed E-state index contributed by atoms with van der Waals surface area (Å²) in [6, 6.07) is 6.43. The Morgan fingerprint density at radius 1 is 1.06 bits per heavy atom. The smallest absolute Gasteiger partial charge is 0.408 e. The van der Waals surface area contributed by atoms with Crippen molar-refractivity contribution in [1.82, 2.24) is 15.5 Å². The Bertz CT molecular complexity index is 834. The Balaban J connectivity index is 3.11. The number of ether oxygens (including phenoxy) is 2. The zero-order valence-electron chi connectivity index (χ0n) is 21.2. The molecule has 190 valence electrons. The summed E-state index contributed by atoms with van der Waals surface area (Å²) in [6.45, 7) is 11.2. The standard InChI is InChI=1S/C25H39N3O6/c1-7-9-16-28(20(29)17-27-24(32)34-25(4,5)6)22(19-13-11-10-12-18(19)3)23(31)26-15-14-21(30)33-8-2/h10-13,22H,7-9,14-17H2,1-6H3,(H,26,31)(H,27,32). The van der Waals surface area contributed by atoms with Gasteiger partial charge in [0.05, 0.1) is 13.0 Å². The van der Waals surface area contributed by atoms with Crippen LogP contribution in [0.3, 0.4) is 0 Å². The molecule has 34 heavy (non-hydrogen) atoms. The maximum atomic E-state index is 13.3. The third kappa shape index (κ3) is 10.2. The minimum absolute atomic E-state index is 0.0309. The number of rotatable bonds is 12. The van der Waals surface area contributed by atoms with Gasteiger partial charge in [-0.2, -0.15) is 0 Å². The molecule has 1 unspecified atom stereocenters. The van der Waals surface area contributed by atoms with E-state index >= 15 is 0 Å². The lowest BCUT2D eigenvalue weighted by Gasteiger charge is -2.32. The van der Waals surface area contributed by atoms with E-state index in [1.807, 2.05) is 32.0 Å². The molecule has 1 atom stereocenters. The van der Waals surface area contributed by atoms with Gasteiger partial charge in [-0.25, -0.2) is 4.79 Å². The first kappa shape index (κ1) is 28.9. The van der Waals surface area contributed by atoms with E-state index in [0.717, 1.165) is 12.0 Å². The summed E-state index contributed by atoms with van der Waals surface area (Å²) >= 11 is 0. The van der Waals surface area contributed by atoms with Crippen molar-refractivity contribution in [2.24, 2.45) is 0 Å². The first-order valence-corrected chi connectivity index (χ1v) is 11.7. The molecule has 2 N–H and O–H groups in total. The van der Waals surface area contributed by atoms with E-state index in [-0.39, 0.29) is 26.1 Å². The van der Waals surface area contributed by atoms with Crippen LogP contribution in [0.5, 0.6) is 0 Å². The molecule has 0 fully saturated rings. The number of nitrogens with zero attached hydrogens (tertiary/aromatic N) is 1. The van der Waals surface area contributed by atoms with Gasteiger partial charge in [0.25, 0.3) is 0 Å². The number of amides is 3. The minimum atomic E-state index is -0.914. The molecule has 1 aromatic rings. The lowest BCUT2D eigenvalue weighted by atomic mass is 9.98. The van der Waals surface area contributed by atoms with Gasteiger partial charge >= 0.3 is 12.1 Å². The summed E-state index contributed by atoms with van der Waals surface area (Å²) in [5.41, 5.74) is 0.831. The summed E-state index contributed by atoms with van der Waals surface area (Å²) in [4.78, 5) is 51.7. The Labute approximate surface area is 202 Å². The molecule has 0 aliphatic heterocycles. The van der Waals surface area contributed by atoms with Crippen LogP contribution in [-0.4, -0.2) is 60.6 Å². The highest BCUT2D eigenvalue weighted by atomic mass is 16.6. The van der Waals surface area contributed by atoms with Crippen molar-refractivity contribution in [3.63, 3.8) is 0 Å². The maximum absolute atomic E-state index is 13.3. The summed E-state index contributed by atoms with van der Waals surface area (Å²) in [7, 11) is 0. The van der Waals surface area contributed by atoms with Gasteiger partial charge in [0.2, 0.25) is 11.8 Å². The molecule has 1 aromatic carbocycles. The Morgan fingerprint density at radius 2 is 1.74 bits per heavy atom. The Hall–Kier alpha value is -3.10. The normalized spacial score (nSPS) is 11.8. The van der Waals surface area contributed by atoms with E-state index in [9.17, 15) is 19.2 Å². The van der Waals surface area contributed by atoms with Crippen LogP contribution in [0.4, 0.5) is 4.79 Å². The number of esters is 1. The van der Waals surface area contributed by atoms with Crippen LogP contribution in [0.1, 0.15) is 71.0 Å². The summed E-state index contributed by atoms with van der Waals surface area (Å²) in [6.07, 6.45) is 0.816. The van der Waals surface area contributed by atoms with Crippen molar-refractivity contribution in [2.45, 2.75) is 72.4 Å². The molecule has 0 aliphatic rings. The number of alkyl carbamates (subject to hydrolysis) is 1. The highest BCUT2D eigenvalue weighted by Gasteiger charge is 2.32. The predicted octanol–water partition coefficient (Wildman–Crippen LogP) is 3.26. The number of hydrogen-bond acceptors (Lipinski definition) is 6. The number of carbonyl (C=O) groups is 4. The van der Waals surface area contributed by atoms with Gasteiger partial charge in [0.15, 0.2) is 0 Å². The highest BCUT2D eigenvalue weighted by molar-refractivity contribution is 5.90. The van der Waals surface area contributed by atoms with Crippen LogP contribution >= 0.6 is 0 Å². The Morgan fingerprint density at radius 3 is 2.32 bits per heavy atom. The van der Waals surface area contributed by atoms with Crippen molar-refractivity contribution in [3.8, 4) is 0 Å². The van der Waals surface area contributed by atoms with Gasteiger partial charge in [0, 0.05) is 13.1 Å². The van der Waals surface area contributed by atoms with Gasteiger partial charge in [-0.05, 0) is 52.2 Å². The summed E-state index contributed by atoms with van der Waals surface area (Å²) in [5.74, 6) is -1.22. The molecule has 0 saturated carbocycles. The Kier molecular flexibility index (Phi) is 12.1. The van der Waals surface area contributed by atoms with Crippen molar-refractivity contribution >= 4 is 23.9 Å². The molecule has 0 bridgehead atoms. The first-order valence-electron chi connectivity index (χ1n) is 11.7. The number of aryl methyl sites for hydroxylation is 1. The SMILES string of the molecule is CCCCN(C(=O)CNC(=O)OC(C)(C)C)C(C(=O)NCCC(=O)OCC)c1ccccc1C. The third-order valence-electron chi connectivity index (χ3n) is 4.83. The van der Waals surface area contributed by atoms with E-state index in [0.29, 0.717) is 18.5 Å². The zero-order valence-corrected chi connectivity index (χ0v) is 21.2. The first-order chi connectivity index (χ1) is 16.0. The highest BCUT2D eigenvalue weighted by Crippen LogP contribution is 2.25. The lowest BCUT2D eigenvalue weighted by Crippen LogP contribution is -2.48. The van der Waals surface area contributed by atoms with Crippen molar-refractivity contribution in [2.75, 3.05) is 26.2 Å². The van der Waals surface area contributed by atoms with Gasteiger partial charge < -0.3 is 25.0 Å².